The molecule has 3 aromatic rings. The summed E-state index contributed by atoms with van der Waals surface area (Å²) in [7, 11) is 1.43. The van der Waals surface area contributed by atoms with Crippen LogP contribution in [0, 0.1) is 0 Å². The highest BCUT2D eigenvalue weighted by Crippen LogP contribution is 2.42. The van der Waals surface area contributed by atoms with E-state index < -0.39 is 8.32 Å². The zero-order valence-electron chi connectivity index (χ0n) is 23.6. The third-order valence-corrected chi connectivity index (χ3v) is 13.3. The van der Waals surface area contributed by atoms with Crippen LogP contribution >= 0.6 is 0 Å². The number of aryl methyl sites for hydroxylation is 1. The second kappa shape index (κ2) is 12.7. The van der Waals surface area contributed by atoms with Gasteiger partial charge >= 0.3 is 0 Å². The standard InChI is InChI=1S/C28H43N5O3Si/c1-19(2)37(20(3)4,21(5)6)36-17-9-10-25-32-26(22-11-13-23(35-8)14-12-22)27(33(25)18-34-7)24-15-16-30-28(29)31-24/h11-16,19-21H,9-10,17-18H2,1-8H3,(H2,29,30,31). The van der Waals surface area contributed by atoms with E-state index in [4.69, 9.17) is 24.6 Å². The van der Waals surface area contributed by atoms with Gasteiger partial charge in [-0.25, -0.2) is 15.0 Å². The Morgan fingerprint density at radius 2 is 1.57 bits per heavy atom. The van der Waals surface area contributed by atoms with E-state index in [9.17, 15) is 0 Å². The number of ether oxygens (including phenoxy) is 2. The van der Waals surface area contributed by atoms with Crippen molar-refractivity contribution in [1.82, 2.24) is 19.5 Å². The van der Waals surface area contributed by atoms with Crippen LogP contribution < -0.4 is 10.5 Å². The van der Waals surface area contributed by atoms with Gasteiger partial charge in [-0.05, 0) is 53.4 Å². The summed E-state index contributed by atoms with van der Waals surface area (Å²) >= 11 is 0. The molecule has 0 amide bonds. The van der Waals surface area contributed by atoms with Crippen molar-refractivity contribution < 1.29 is 13.9 Å². The summed E-state index contributed by atoms with van der Waals surface area (Å²) in [6.07, 6.45) is 3.29. The van der Waals surface area contributed by atoms with E-state index in [0.29, 0.717) is 35.7 Å². The summed E-state index contributed by atoms with van der Waals surface area (Å²) in [4.78, 5) is 13.7. The number of aromatic nitrogens is 4. The van der Waals surface area contributed by atoms with Crippen molar-refractivity contribution in [3.8, 4) is 28.4 Å². The van der Waals surface area contributed by atoms with Gasteiger partial charge in [0, 0.05) is 31.9 Å². The molecule has 2 aromatic heterocycles. The molecule has 0 atom stereocenters. The first-order chi connectivity index (χ1) is 17.6. The fourth-order valence-electron chi connectivity index (χ4n) is 5.65. The number of anilines is 1. The fraction of sp³-hybridized carbons (Fsp3) is 0.536. The number of hydrogen-bond donors (Lipinski definition) is 1. The first-order valence-electron chi connectivity index (χ1n) is 13.1. The molecule has 0 aliphatic rings. The molecular weight excluding hydrogens is 482 g/mol. The molecule has 0 saturated heterocycles. The summed E-state index contributed by atoms with van der Waals surface area (Å²) in [5.74, 6) is 1.93. The molecule has 0 unspecified atom stereocenters. The number of rotatable bonds is 13. The highest BCUT2D eigenvalue weighted by molar-refractivity contribution is 6.77. The molecule has 1 aromatic carbocycles. The average Bonchev–Trinajstić information content (AvgIpc) is 3.21. The van der Waals surface area contributed by atoms with Gasteiger partial charge in [0.25, 0.3) is 0 Å². The smallest absolute Gasteiger partial charge is 0.220 e. The van der Waals surface area contributed by atoms with Gasteiger partial charge in [-0.2, -0.15) is 0 Å². The number of benzene rings is 1. The Morgan fingerprint density at radius 1 is 0.919 bits per heavy atom. The Kier molecular flexibility index (Phi) is 9.86. The first-order valence-corrected chi connectivity index (χ1v) is 15.2. The van der Waals surface area contributed by atoms with Crippen molar-refractivity contribution in [3.05, 3.63) is 42.4 Å². The molecule has 0 fully saturated rings. The lowest BCUT2D eigenvalue weighted by Gasteiger charge is -2.42. The molecule has 2 N–H and O–H groups in total. The van der Waals surface area contributed by atoms with Crippen LogP contribution in [-0.4, -0.2) is 48.7 Å². The van der Waals surface area contributed by atoms with Gasteiger partial charge in [0.1, 0.15) is 18.3 Å². The summed E-state index contributed by atoms with van der Waals surface area (Å²) in [6, 6.07) is 9.74. The van der Waals surface area contributed by atoms with E-state index in [1.807, 2.05) is 30.3 Å². The van der Waals surface area contributed by atoms with Crippen LogP contribution in [0.15, 0.2) is 36.5 Å². The number of nitrogens with two attached hydrogens (primary N) is 1. The van der Waals surface area contributed by atoms with Crippen molar-refractivity contribution in [1.29, 1.82) is 0 Å². The number of nitrogen functional groups attached to an aromatic ring is 1. The zero-order valence-corrected chi connectivity index (χ0v) is 24.6. The minimum Gasteiger partial charge on any atom is -0.497 e. The topological polar surface area (TPSA) is 97.3 Å². The number of methoxy groups -OCH3 is 2. The predicted molar refractivity (Wildman–Crippen MR) is 152 cm³/mol. The number of imidazole rings is 1. The average molecular weight is 526 g/mol. The molecule has 3 rings (SSSR count). The van der Waals surface area contributed by atoms with Gasteiger partial charge in [-0.15, -0.1) is 0 Å². The second-order valence-electron chi connectivity index (χ2n) is 10.4. The Balaban J connectivity index is 1.97. The van der Waals surface area contributed by atoms with Crippen LogP contribution in [-0.2, 0) is 22.3 Å². The molecule has 0 aliphatic heterocycles. The van der Waals surface area contributed by atoms with Crippen LogP contribution in [0.25, 0.3) is 22.6 Å². The van der Waals surface area contributed by atoms with Gasteiger partial charge in [0.15, 0.2) is 8.32 Å². The molecule has 0 radical (unpaired) electrons. The summed E-state index contributed by atoms with van der Waals surface area (Å²) in [5, 5.41) is 0. The van der Waals surface area contributed by atoms with E-state index in [0.717, 1.165) is 41.4 Å². The Morgan fingerprint density at radius 3 is 2.11 bits per heavy atom. The molecule has 9 heteroatoms. The summed E-state index contributed by atoms with van der Waals surface area (Å²) in [5.41, 5.74) is 11.0. The number of nitrogens with zero attached hydrogens (tertiary/aromatic N) is 4. The second-order valence-corrected chi connectivity index (χ2v) is 15.8. The molecule has 2 heterocycles. The molecule has 202 valence electrons. The number of hydrogen-bond acceptors (Lipinski definition) is 7. The highest BCUT2D eigenvalue weighted by Gasteiger charge is 2.44. The zero-order chi connectivity index (χ0) is 27.2. The van der Waals surface area contributed by atoms with E-state index in [1.165, 1.54) is 0 Å². The minimum atomic E-state index is -1.92. The van der Waals surface area contributed by atoms with Crippen LogP contribution in [0.4, 0.5) is 5.95 Å². The van der Waals surface area contributed by atoms with Gasteiger partial charge in [-0.3, -0.25) is 0 Å². The van der Waals surface area contributed by atoms with E-state index >= 15 is 0 Å². The Bertz CT molecular complexity index is 1120. The van der Waals surface area contributed by atoms with Crippen LogP contribution in [0.2, 0.25) is 16.6 Å². The normalized spacial score (nSPS) is 12.2. The SMILES string of the molecule is COCn1c(CCCO[Si](C(C)C)(C(C)C)C(C)C)nc(-c2ccc(OC)cc2)c1-c1ccnc(N)n1. The summed E-state index contributed by atoms with van der Waals surface area (Å²) in [6.45, 7) is 15.0. The predicted octanol–water partition coefficient (Wildman–Crippen LogP) is 6.33. The molecule has 0 bridgehead atoms. The third-order valence-electron chi connectivity index (χ3n) is 7.19. The maximum atomic E-state index is 6.80. The maximum Gasteiger partial charge on any atom is 0.220 e. The monoisotopic (exact) mass is 525 g/mol. The van der Waals surface area contributed by atoms with Crippen molar-refractivity contribution in [2.24, 2.45) is 0 Å². The minimum absolute atomic E-state index is 0.218. The molecule has 8 nitrogen and oxygen atoms in total. The third kappa shape index (κ3) is 6.22. The molecule has 37 heavy (non-hydrogen) atoms. The lowest BCUT2D eigenvalue weighted by molar-refractivity contribution is 0.129. The van der Waals surface area contributed by atoms with Crippen molar-refractivity contribution in [2.45, 2.75) is 77.7 Å². The highest BCUT2D eigenvalue weighted by atomic mass is 28.4. The summed E-state index contributed by atoms with van der Waals surface area (Å²) < 4.78 is 19.8. The Hall–Kier alpha value is -2.75. The molecule has 0 saturated carbocycles. The van der Waals surface area contributed by atoms with Crippen molar-refractivity contribution in [2.75, 3.05) is 26.6 Å². The largest absolute Gasteiger partial charge is 0.497 e. The lowest BCUT2D eigenvalue weighted by Crippen LogP contribution is -2.48. The molecule has 0 aliphatic carbocycles. The van der Waals surface area contributed by atoms with Crippen LogP contribution in [0.5, 0.6) is 5.75 Å². The van der Waals surface area contributed by atoms with E-state index in [-0.39, 0.29) is 5.95 Å². The van der Waals surface area contributed by atoms with E-state index in [1.54, 1.807) is 20.4 Å². The van der Waals surface area contributed by atoms with Gasteiger partial charge in [0.2, 0.25) is 5.95 Å². The van der Waals surface area contributed by atoms with Crippen LogP contribution in [0.1, 0.15) is 53.8 Å². The lowest BCUT2D eigenvalue weighted by atomic mass is 10.1. The van der Waals surface area contributed by atoms with Gasteiger partial charge in [0.05, 0.1) is 24.2 Å². The van der Waals surface area contributed by atoms with Crippen molar-refractivity contribution >= 4 is 14.3 Å². The van der Waals surface area contributed by atoms with Gasteiger partial charge < -0.3 is 24.2 Å². The first kappa shape index (κ1) is 28.8. The molecule has 0 spiro atoms. The quantitative estimate of drug-likeness (QED) is 0.206. The maximum absolute atomic E-state index is 6.80. The fourth-order valence-corrected chi connectivity index (χ4v) is 11.2. The van der Waals surface area contributed by atoms with E-state index in [2.05, 4.69) is 56.1 Å². The Labute approximate surface area is 222 Å². The van der Waals surface area contributed by atoms with Gasteiger partial charge in [-0.1, -0.05) is 41.5 Å². The molecular formula is C28H43N5O3Si. The van der Waals surface area contributed by atoms with Crippen LogP contribution in [0.3, 0.4) is 0 Å². The van der Waals surface area contributed by atoms with Crippen molar-refractivity contribution in [3.63, 3.8) is 0 Å².